The lowest BCUT2D eigenvalue weighted by atomic mass is 9.81. The number of ether oxygens (including phenoxy) is 4. The normalized spacial score (nSPS) is 21.6. The summed E-state index contributed by atoms with van der Waals surface area (Å²) < 4.78 is 22.6. The first-order valence-corrected chi connectivity index (χ1v) is 10.3. The van der Waals surface area contributed by atoms with Crippen LogP contribution in [-0.4, -0.2) is 48.6 Å². The molecule has 0 amide bonds. The van der Waals surface area contributed by atoms with E-state index in [2.05, 4.69) is 4.90 Å². The summed E-state index contributed by atoms with van der Waals surface area (Å²) in [6.45, 7) is 2.34. The summed E-state index contributed by atoms with van der Waals surface area (Å²) in [6, 6.07) is 3.26. The van der Waals surface area contributed by atoms with Crippen molar-refractivity contribution in [2.24, 2.45) is 0 Å². The number of benzene rings is 2. The van der Waals surface area contributed by atoms with Crippen molar-refractivity contribution in [3.8, 4) is 17.2 Å². The Balaban J connectivity index is 1.72. The summed E-state index contributed by atoms with van der Waals surface area (Å²) in [6.07, 6.45) is 0.198. The predicted molar refractivity (Wildman–Crippen MR) is 109 cm³/mol. The number of carbonyl (C=O) groups excluding carboxylic acids is 1. The lowest BCUT2D eigenvalue weighted by molar-refractivity contribution is 0.00885. The van der Waals surface area contributed by atoms with Crippen molar-refractivity contribution in [3.05, 3.63) is 51.1 Å². The molecule has 2 atom stereocenters. The van der Waals surface area contributed by atoms with E-state index in [9.17, 15) is 15.0 Å². The highest BCUT2D eigenvalue weighted by molar-refractivity contribution is 5.96. The van der Waals surface area contributed by atoms with Gasteiger partial charge in [-0.15, -0.1) is 0 Å². The van der Waals surface area contributed by atoms with Crippen molar-refractivity contribution in [1.82, 2.24) is 4.90 Å². The van der Waals surface area contributed by atoms with Gasteiger partial charge < -0.3 is 29.2 Å². The van der Waals surface area contributed by atoms with Crippen molar-refractivity contribution in [2.75, 3.05) is 27.5 Å². The van der Waals surface area contributed by atoms with E-state index in [-0.39, 0.29) is 26.0 Å². The van der Waals surface area contributed by atoms with Crippen LogP contribution in [0, 0.1) is 6.92 Å². The first-order chi connectivity index (χ1) is 15.0. The molecule has 2 N–H and O–H groups in total. The summed E-state index contributed by atoms with van der Waals surface area (Å²) in [7, 11) is 3.49. The van der Waals surface area contributed by atoms with Crippen LogP contribution >= 0.6 is 0 Å². The number of likely N-dealkylation sites (N-methyl/N-ethyl adjacent to an activating group) is 1. The zero-order valence-corrected chi connectivity index (χ0v) is 17.7. The average molecular weight is 427 g/mol. The molecular formula is C23H25NO7. The van der Waals surface area contributed by atoms with Gasteiger partial charge in [0.15, 0.2) is 11.5 Å². The van der Waals surface area contributed by atoms with E-state index in [1.54, 1.807) is 6.07 Å². The first kappa shape index (κ1) is 20.1. The van der Waals surface area contributed by atoms with Crippen molar-refractivity contribution < 1.29 is 34.0 Å². The lowest BCUT2D eigenvalue weighted by Gasteiger charge is -2.39. The molecule has 3 aliphatic heterocycles. The zero-order chi connectivity index (χ0) is 21.9. The second-order valence-electron chi connectivity index (χ2n) is 8.09. The van der Waals surface area contributed by atoms with Gasteiger partial charge in [0.2, 0.25) is 6.79 Å². The monoisotopic (exact) mass is 427 g/mol. The van der Waals surface area contributed by atoms with Crippen molar-refractivity contribution in [1.29, 1.82) is 0 Å². The molecule has 8 heteroatoms. The number of fused-ring (bicyclic) bond motifs is 3. The largest absolute Gasteiger partial charge is 0.496 e. The maximum atomic E-state index is 12.9. The summed E-state index contributed by atoms with van der Waals surface area (Å²) >= 11 is 0. The Morgan fingerprint density at radius 1 is 1.16 bits per heavy atom. The number of methoxy groups -OCH3 is 1. The third-order valence-corrected chi connectivity index (χ3v) is 6.69. The number of esters is 1. The number of rotatable bonds is 4. The van der Waals surface area contributed by atoms with Gasteiger partial charge in [0, 0.05) is 23.2 Å². The quantitative estimate of drug-likeness (QED) is 0.717. The van der Waals surface area contributed by atoms with Crippen molar-refractivity contribution in [2.45, 2.75) is 38.7 Å². The van der Waals surface area contributed by atoms with Gasteiger partial charge >= 0.3 is 5.97 Å². The maximum absolute atomic E-state index is 12.9. The average Bonchev–Trinajstić information content (AvgIpc) is 3.39. The van der Waals surface area contributed by atoms with Gasteiger partial charge in [0.25, 0.3) is 0 Å². The smallest absolute Gasteiger partial charge is 0.339 e. The van der Waals surface area contributed by atoms with Crippen molar-refractivity contribution in [3.63, 3.8) is 0 Å². The highest BCUT2D eigenvalue weighted by Crippen LogP contribution is 2.53. The van der Waals surface area contributed by atoms with Crippen LogP contribution in [0.15, 0.2) is 12.1 Å². The van der Waals surface area contributed by atoms with Gasteiger partial charge in [-0.2, -0.15) is 0 Å². The summed E-state index contributed by atoms with van der Waals surface area (Å²) in [4.78, 5) is 15.0. The van der Waals surface area contributed by atoms with Crippen LogP contribution in [0.4, 0.5) is 0 Å². The second-order valence-corrected chi connectivity index (χ2v) is 8.09. The Hall–Kier alpha value is -2.81. The predicted octanol–water partition coefficient (Wildman–Crippen LogP) is 2.16. The van der Waals surface area contributed by atoms with E-state index in [0.29, 0.717) is 39.5 Å². The first-order valence-electron chi connectivity index (χ1n) is 10.3. The SMILES string of the molecule is COc1ccc2c(c1CO)C(=O)O[C@@H]2[C@H]1c2c(c(C)c3c(c2CO)OCO3)CCN1C. The van der Waals surface area contributed by atoms with Crippen LogP contribution in [0.3, 0.4) is 0 Å². The van der Waals surface area contributed by atoms with Gasteiger partial charge in [-0.3, -0.25) is 4.90 Å². The second kappa shape index (κ2) is 7.40. The lowest BCUT2D eigenvalue weighted by Crippen LogP contribution is -2.37. The van der Waals surface area contributed by atoms with Gasteiger partial charge in [-0.25, -0.2) is 4.79 Å². The van der Waals surface area contributed by atoms with E-state index in [1.165, 1.54) is 7.11 Å². The molecule has 0 saturated carbocycles. The highest BCUT2D eigenvalue weighted by Gasteiger charge is 2.45. The van der Waals surface area contributed by atoms with E-state index in [4.69, 9.17) is 18.9 Å². The molecule has 0 spiro atoms. The summed E-state index contributed by atoms with van der Waals surface area (Å²) in [5.41, 5.74) is 5.17. The van der Waals surface area contributed by atoms with Crippen LogP contribution in [0.1, 0.15) is 55.9 Å². The molecule has 0 radical (unpaired) electrons. The molecule has 0 fully saturated rings. The molecule has 0 bridgehead atoms. The fourth-order valence-corrected chi connectivity index (χ4v) is 5.24. The number of nitrogens with zero attached hydrogens (tertiary/aromatic N) is 1. The van der Waals surface area contributed by atoms with E-state index in [1.807, 2.05) is 20.0 Å². The molecule has 8 nitrogen and oxygen atoms in total. The minimum Gasteiger partial charge on any atom is -0.496 e. The Labute approximate surface area is 179 Å². The molecule has 3 heterocycles. The Morgan fingerprint density at radius 2 is 1.90 bits per heavy atom. The number of cyclic esters (lactones) is 1. The molecule has 2 aromatic carbocycles. The minimum atomic E-state index is -0.590. The van der Waals surface area contributed by atoms with Gasteiger partial charge in [-0.1, -0.05) is 6.07 Å². The molecular weight excluding hydrogens is 402 g/mol. The number of hydrogen-bond acceptors (Lipinski definition) is 8. The molecule has 0 unspecified atom stereocenters. The number of carbonyl (C=O) groups is 1. The third kappa shape index (κ3) is 2.75. The van der Waals surface area contributed by atoms with Crippen LogP contribution in [0.25, 0.3) is 0 Å². The molecule has 31 heavy (non-hydrogen) atoms. The minimum absolute atomic E-state index is 0.119. The molecule has 0 saturated heterocycles. The standard InChI is InChI=1S/C23H25NO7/c1-11-12-6-7-24(2)19(17(12)15(9-26)22-20(11)29-10-30-22)21-13-4-5-16(28-3)14(8-25)18(13)23(27)31-21/h4-5,19,21,25-26H,6-10H2,1-3H3/t19-,21+/m1/s1. The Bertz CT molecular complexity index is 1080. The van der Waals surface area contributed by atoms with E-state index >= 15 is 0 Å². The fourth-order valence-electron chi connectivity index (χ4n) is 5.24. The maximum Gasteiger partial charge on any atom is 0.339 e. The van der Waals surface area contributed by atoms with Crippen LogP contribution in [0.5, 0.6) is 17.2 Å². The molecule has 0 aromatic heterocycles. The van der Waals surface area contributed by atoms with Gasteiger partial charge in [0.1, 0.15) is 11.9 Å². The molecule has 0 aliphatic carbocycles. The van der Waals surface area contributed by atoms with E-state index < -0.39 is 12.1 Å². The molecule has 5 rings (SSSR count). The Kier molecular flexibility index (Phi) is 4.80. The van der Waals surface area contributed by atoms with Crippen LogP contribution in [-0.2, 0) is 24.4 Å². The van der Waals surface area contributed by atoms with Gasteiger partial charge in [0.05, 0.1) is 31.9 Å². The number of hydrogen-bond donors (Lipinski definition) is 2. The summed E-state index contributed by atoms with van der Waals surface area (Å²) in [5.74, 6) is 1.22. The molecule has 164 valence electrons. The molecule has 2 aromatic rings. The fraction of sp³-hybridized carbons (Fsp3) is 0.435. The zero-order valence-electron chi connectivity index (χ0n) is 17.7. The van der Waals surface area contributed by atoms with Crippen molar-refractivity contribution >= 4 is 5.97 Å². The summed E-state index contributed by atoms with van der Waals surface area (Å²) in [5, 5.41) is 20.2. The highest BCUT2D eigenvalue weighted by atomic mass is 16.7. The van der Waals surface area contributed by atoms with Crippen LogP contribution in [0.2, 0.25) is 0 Å². The third-order valence-electron chi connectivity index (χ3n) is 6.69. The molecule has 3 aliphatic rings. The van der Waals surface area contributed by atoms with Crippen LogP contribution < -0.4 is 14.2 Å². The number of aliphatic hydroxyl groups excluding tert-OH is 2. The topological polar surface area (TPSA) is 97.7 Å². The van der Waals surface area contributed by atoms with Gasteiger partial charge in [-0.05, 0) is 43.1 Å². The number of aliphatic hydroxyl groups is 2. The van der Waals surface area contributed by atoms with E-state index in [0.717, 1.165) is 29.7 Å². The Morgan fingerprint density at radius 3 is 2.61 bits per heavy atom.